The lowest BCUT2D eigenvalue weighted by Gasteiger charge is -2.31. The first kappa shape index (κ1) is 18.5. The monoisotopic (exact) mass is 376 g/mol. The molecule has 0 spiro atoms. The van der Waals surface area contributed by atoms with Crippen molar-refractivity contribution in [2.75, 3.05) is 19.7 Å². The lowest BCUT2D eigenvalue weighted by atomic mass is 10.2. The van der Waals surface area contributed by atoms with Crippen LogP contribution < -0.4 is 14.3 Å². The van der Waals surface area contributed by atoms with Crippen LogP contribution in [0.2, 0.25) is 0 Å². The van der Waals surface area contributed by atoms with Crippen LogP contribution in [-0.2, 0) is 11.3 Å². The molecule has 1 aromatic carbocycles. The van der Waals surface area contributed by atoms with Gasteiger partial charge in [0, 0.05) is 30.6 Å². The van der Waals surface area contributed by atoms with Gasteiger partial charge < -0.3 is 18.9 Å². The number of amides is 1. The number of thiazole rings is 1. The van der Waals surface area contributed by atoms with Crippen molar-refractivity contribution in [3.8, 4) is 11.5 Å². The smallest absolute Gasteiger partial charge is 0.307 e. The van der Waals surface area contributed by atoms with E-state index in [2.05, 4.69) is 0 Å². The summed E-state index contributed by atoms with van der Waals surface area (Å²) in [4.78, 5) is 26.3. The number of hydrogen-bond donors (Lipinski definition) is 0. The number of rotatable bonds is 7. The van der Waals surface area contributed by atoms with Crippen molar-refractivity contribution >= 4 is 17.2 Å². The quantitative estimate of drug-likeness (QED) is 0.745. The Bertz CT molecular complexity index is 814. The average Bonchev–Trinajstić information content (AvgIpc) is 2.97. The third kappa shape index (κ3) is 4.27. The first-order valence-electron chi connectivity index (χ1n) is 8.89. The van der Waals surface area contributed by atoms with Crippen molar-refractivity contribution in [2.45, 2.75) is 39.3 Å². The van der Waals surface area contributed by atoms with Gasteiger partial charge in [0.05, 0.1) is 6.54 Å². The molecular weight excluding hydrogens is 352 g/mol. The fourth-order valence-electron chi connectivity index (χ4n) is 3.03. The molecule has 0 fully saturated rings. The maximum atomic E-state index is 12.7. The number of ether oxygens (including phenoxy) is 2. The number of benzene rings is 1. The molecule has 0 bridgehead atoms. The number of para-hydroxylation sites is 2. The second-order valence-corrected chi connectivity index (χ2v) is 7.20. The van der Waals surface area contributed by atoms with E-state index < -0.39 is 0 Å². The molecule has 6 nitrogen and oxygen atoms in total. The molecule has 3 rings (SSSR count). The zero-order valence-electron chi connectivity index (χ0n) is 15.1. The highest BCUT2D eigenvalue weighted by molar-refractivity contribution is 7.07. The van der Waals surface area contributed by atoms with Crippen LogP contribution in [0.4, 0.5) is 0 Å². The molecule has 2 heterocycles. The van der Waals surface area contributed by atoms with Gasteiger partial charge in [0.15, 0.2) is 17.6 Å². The Hall–Kier alpha value is -2.28. The summed E-state index contributed by atoms with van der Waals surface area (Å²) in [5.41, 5.74) is 0.899. The van der Waals surface area contributed by atoms with Crippen LogP contribution in [0.25, 0.3) is 0 Å². The number of hydrogen-bond acceptors (Lipinski definition) is 5. The van der Waals surface area contributed by atoms with Crippen LogP contribution in [-0.4, -0.2) is 41.2 Å². The highest BCUT2D eigenvalue weighted by atomic mass is 32.1. The van der Waals surface area contributed by atoms with Gasteiger partial charge in [-0.05, 0) is 25.5 Å². The van der Waals surface area contributed by atoms with Crippen molar-refractivity contribution in [1.29, 1.82) is 0 Å². The maximum Gasteiger partial charge on any atom is 0.307 e. The number of carbonyl (C=O) groups excluding carboxylic acids is 1. The number of aryl methyl sites for hydroxylation is 1. The number of fused-ring (bicyclic) bond motifs is 1. The third-order valence-corrected chi connectivity index (χ3v) is 5.24. The largest absolute Gasteiger partial charge is 0.486 e. The van der Waals surface area contributed by atoms with Gasteiger partial charge in [-0.2, -0.15) is 0 Å². The first-order chi connectivity index (χ1) is 12.6. The molecule has 1 aliphatic heterocycles. The molecule has 140 valence electrons. The Kier molecular flexibility index (Phi) is 5.98. The molecule has 0 radical (unpaired) electrons. The molecule has 1 atom stereocenters. The summed E-state index contributed by atoms with van der Waals surface area (Å²) in [6.45, 7) is 5.92. The van der Waals surface area contributed by atoms with Gasteiger partial charge in [-0.15, -0.1) is 0 Å². The van der Waals surface area contributed by atoms with Gasteiger partial charge in [0.2, 0.25) is 5.91 Å². The van der Waals surface area contributed by atoms with E-state index >= 15 is 0 Å². The normalized spacial score (nSPS) is 15.7. The molecule has 0 saturated heterocycles. The van der Waals surface area contributed by atoms with Gasteiger partial charge >= 0.3 is 4.87 Å². The molecular formula is C19H24N2O4S. The molecule has 2 aromatic rings. The van der Waals surface area contributed by atoms with E-state index in [0.29, 0.717) is 38.4 Å². The summed E-state index contributed by atoms with van der Waals surface area (Å²) in [6, 6.07) is 7.56. The van der Waals surface area contributed by atoms with Crippen molar-refractivity contribution in [1.82, 2.24) is 9.47 Å². The van der Waals surface area contributed by atoms with Crippen molar-refractivity contribution in [3.63, 3.8) is 0 Å². The SMILES string of the molecule is CCCN(C[C@@H]1COc2ccccc2O1)C(=O)CCn1c(C)csc1=O. The van der Waals surface area contributed by atoms with E-state index in [1.165, 1.54) is 11.3 Å². The average molecular weight is 376 g/mol. The molecule has 0 unspecified atom stereocenters. The summed E-state index contributed by atoms with van der Waals surface area (Å²) in [5, 5.41) is 1.82. The molecule has 1 aliphatic rings. The Morgan fingerprint density at radius 1 is 1.35 bits per heavy atom. The zero-order chi connectivity index (χ0) is 18.5. The summed E-state index contributed by atoms with van der Waals surface area (Å²) < 4.78 is 13.4. The second kappa shape index (κ2) is 8.40. The fraction of sp³-hybridized carbons (Fsp3) is 0.474. The topological polar surface area (TPSA) is 60.8 Å². The van der Waals surface area contributed by atoms with E-state index in [1.54, 1.807) is 4.57 Å². The highest BCUT2D eigenvalue weighted by Gasteiger charge is 2.25. The number of nitrogens with zero attached hydrogens (tertiary/aromatic N) is 2. The highest BCUT2D eigenvalue weighted by Crippen LogP contribution is 2.31. The lowest BCUT2D eigenvalue weighted by Crippen LogP contribution is -2.44. The number of aromatic nitrogens is 1. The van der Waals surface area contributed by atoms with Gasteiger partial charge in [0.25, 0.3) is 0 Å². The Morgan fingerprint density at radius 3 is 2.81 bits per heavy atom. The van der Waals surface area contributed by atoms with Gasteiger partial charge in [-0.1, -0.05) is 30.4 Å². The van der Waals surface area contributed by atoms with Crippen LogP contribution >= 0.6 is 11.3 Å². The van der Waals surface area contributed by atoms with Crippen LogP contribution in [0, 0.1) is 6.92 Å². The minimum atomic E-state index is -0.189. The van der Waals surface area contributed by atoms with E-state index in [-0.39, 0.29) is 16.9 Å². The molecule has 1 amide bonds. The maximum absolute atomic E-state index is 12.7. The van der Waals surface area contributed by atoms with E-state index in [9.17, 15) is 9.59 Å². The zero-order valence-corrected chi connectivity index (χ0v) is 16.0. The predicted molar refractivity (Wildman–Crippen MR) is 101 cm³/mol. The molecule has 0 N–H and O–H groups in total. The Morgan fingerprint density at radius 2 is 2.12 bits per heavy atom. The van der Waals surface area contributed by atoms with E-state index in [4.69, 9.17) is 9.47 Å². The van der Waals surface area contributed by atoms with E-state index in [0.717, 1.165) is 17.9 Å². The first-order valence-corrected chi connectivity index (χ1v) is 9.77. The second-order valence-electron chi connectivity index (χ2n) is 6.38. The molecule has 7 heteroatoms. The number of carbonyl (C=O) groups is 1. The Balaban J connectivity index is 1.60. The fourth-order valence-corrected chi connectivity index (χ4v) is 3.79. The summed E-state index contributed by atoms with van der Waals surface area (Å²) >= 11 is 1.17. The van der Waals surface area contributed by atoms with Crippen LogP contribution in [0.3, 0.4) is 0 Å². The summed E-state index contributed by atoms with van der Waals surface area (Å²) in [5.74, 6) is 1.49. The van der Waals surface area contributed by atoms with Gasteiger partial charge in [-0.25, -0.2) is 0 Å². The van der Waals surface area contributed by atoms with Crippen molar-refractivity contribution in [2.24, 2.45) is 0 Å². The van der Waals surface area contributed by atoms with Crippen LogP contribution in [0.1, 0.15) is 25.5 Å². The molecule has 0 saturated carbocycles. The minimum absolute atomic E-state index is 0.0158. The Labute approximate surface area is 157 Å². The minimum Gasteiger partial charge on any atom is -0.486 e. The van der Waals surface area contributed by atoms with Crippen LogP contribution in [0.5, 0.6) is 11.5 Å². The molecule has 26 heavy (non-hydrogen) atoms. The van der Waals surface area contributed by atoms with Crippen LogP contribution in [0.15, 0.2) is 34.4 Å². The van der Waals surface area contributed by atoms with Gasteiger partial charge in [-0.3, -0.25) is 9.59 Å². The summed E-state index contributed by atoms with van der Waals surface area (Å²) in [6.07, 6.45) is 0.987. The van der Waals surface area contributed by atoms with Crippen molar-refractivity contribution < 1.29 is 14.3 Å². The standard InChI is InChI=1S/C19H24N2O4S/c1-3-9-20(18(22)8-10-21-14(2)13-26-19(21)23)11-15-12-24-16-6-4-5-7-17(16)25-15/h4-7,13,15H,3,8-12H2,1-2H3/t15-/m1/s1. The third-order valence-electron chi connectivity index (χ3n) is 4.36. The predicted octanol–water partition coefficient (Wildman–Crippen LogP) is 2.69. The molecule has 1 aromatic heterocycles. The summed E-state index contributed by atoms with van der Waals surface area (Å²) in [7, 11) is 0. The lowest BCUT2D eigenvalue weighted by molar-refractivity contribution is -0.133. The van der Waals surface area contributed by atoms with Crippen molar-refractivity contribution in [3.05, 3.63) is 45.0 Å². The van der Waals surface area contributed by atoms with Gasteiger partial charge in [0.1, 0.15) is 6.61 Å². The van der Waals surface area contributed by atoms with E-state index in [1.807, 2.05) is 48.4 Å². The molecule has 0 aliphatic carbocycles.